The third-order valence-corrected chi connectivity index (χ3v) is 4.00. The summed E-state index contributed by atoms with van der Waals surface area (Å²) >= 11 is 0. The standard InChI is InChI=1S/C20H24F3NO2/c1-13(2)9-14(3)12-26-18-6-5-15(10-17(18)20(21,22)23)16-7-8-24-11-19(16)25-4/h5-8,10-11,13-14H,9,12H2,1-4H3. The van der Waals surface area contributed by atoms with Crippen molar-refractivity contribution in [3.63, 3.8) is 0 Å². The number of aromatic nitrogens is 1. The Bertz CT molecular complexity index is 729. The molecule has 0 radical (unpaired) electrons. The third-order valence-electron chi connectivity index (χ3n) is 4.00. The topological polar surface area (TPSA) is 31.4 Å². The van der Waals surface area contributed by atoms with Crippen LogP contribution >= 0.6 is 0 Å². The van der Waals surface area contributed by atoms with Crippen molar-refractivity contribution in [1.82, 2.24) is 4.98 Å². The molecular weight excluding hydrogens is 343 g/mol. The molecule has 1 atom stereocenters. The second-order valence-corrected chi connectivity index (χ2v) is 6.83. The van der Waals surface area contributed by atoms with Gasteiger partial charge in [0.15, 0.2) is 0 Å². The lowest BCUT2D eigenvalue weighted by molar-refractivity contribution is -0.139. The summed E-state index contributed by atoms with van der Waals surface area (Å²) in [6.07, 6.45) is -0.621. The predicted octanol–water partition coefficient (Wildman–Crippen LogP) is 5.84. The number of hydrogen-bond donors (Lipinski definition) is 0. The maximum Gasteiger partial charge on any atom is 0.419 e. The summed E-state index contributed by atoms with van der Waals surface area (Å²) in [6, 6.07) is 5.70. The highest BCUT2D eigenvalue weighted by molar-refractivity contribution is 5.71. The second kappa shape index (κ2) is 8.43. The molecule has 1 heterocycles. The van der Waals surface area contributed by atoms with Gasteiger partial charge in [-0.3, -0.25) is 4.98 Å². The van der Waals surface area contributed by atoms with Crippen molar-refractivity contribution in [2.45, 2.75) is 33.4 Å². The number of nitrogens with zero attached hydrogens (tertiary/aromatic N) is 1. The van der Waals surface area contributed by atoms with E-state index < -0.39 is 11.7 Å². The fourth-order valence-corrected chi connectivity index (χ4v) is 2.93. The van der Waals surface area contributed by atoms with Gasteiger partial charge in [-0.15, -0.1) is 0 Å². The molecule has 0 N–H and O–H groups in total. The summed E-state index contributed by atoms with van der Waals surface area (Å²) < 4.78 is 51.3. The molecule has 2 rings (SSSR count). The maximum atomic E-state index is 13.5. The van der Waals surface area contributed by atoms with Crippen LogP contribution < -0.4 is 9.47 Å². The van der Waals surface area contributed by atoms with Crippen LogP contribution in [0.15, 0.2) is 36.7 Å². The lowest BCUT2D eigenvalue weighted by Gasteiger charge is -2.19. The quantitative estimate of drug-likeness (QED) is 0.616. The zero-order chi connectivity index (χ0) is 19.3. The highest BCUT2D eigenvalue weighted by Gasteiger charge is 2.35. The number of rotatable bonds is 7. The summed E-state index contributed by atoms with van der Waals surface area (Å²) in [4.78, 5) is 3.93. The molecular formula is C20H24F3NO2. The summed E-state index contributed by atoms with van der Waals surface area (Å²) in [5, 5.41) is 0. The minimum absolute atomic E-state index is 0.148. The zero-order valence-electron chi connectivity index (χ0n) is 15.4. The highest BCUT2D eigenvalue weighted by atomic mass is 19.4. The monoisotopic (exact) mass is 367 g/mol. The molecule has 0 saturated heterocycles. The largest absolute Gasteiger partial charge is 0.494 e. The molecule has 142 valence electrons. The molecule has 2 aromatic rings. The van der Waals surface area contributed by atoms with Gasteiger partial charge >= 0.3 is 6.18 Å². The van der Waals surface area contributed by atoms with Gasteiger partial charge in [0.05, 0.1) is 25.5 Å². The minimum atomic E-state index is -4.51. The van der Waals surface area contributed by atoms with Crippen LogP contribution in [0, 0.1) is 11.8 Å². The van der Waals surface area contributed by atoms with E-state index in [0.717, 1.165) is 12.5 Å². The van der Waals surface area contributed by atoms with Crippen molar-refractivity contribution in [1.29, 1.82) is 0 Å². The van der Waals surface area contributed by atoms with E-state index >= 15 is 0 Å². The Morgan fingerprint density at radius 3 is 2.42 bits per heavy atom. The van der Waals surface area contributed by atoms with E-state index in [1.807, 2.05) is 6.92 Å². The van der Waals surface area contributed by atoms with E-state index in [2.05, 4.69) is 18.8 Å². The molecule has 1 aromatic heterocycles. The predicted molar refractivity (Wildman–Crippen MR) is 95.3 cm³/mol. The van der Waals surface area contributed by atoms with Gasteiger partial charge in [0.25, 0.3) is 0 Å². The molecule has 1 aromatic carbocycles. The van der Waals surface area contributed by atoms with Crippen molar-refractivity contribution in [2.24, 2.45) is 11.8 Å². The fourth-order valence-electron chi connectivity index (χ4n) is 2.93. The van der Waals surface area contributed by atoms with Crippen LogP contribution in [-0.4, -0.2) is 18.7 Å². The van der Waals surface area contributed by atoms with Gasteiger partial charge in [-0.05, 0) is 42.0 Å². The Balaban J connectivity index is 2.33. The molecule has 0 aliphatic heterocycles. The van der Waals surface area contributed by atoms with Crippen LogP contribution in [0.4, 0.5) is 13.2 Å². The third kappa shape index (κ3) is 5.13. The minimum Gasteiger partial charge on any atom is -0.494 e. The molecule has 0 saturated carbocycles. The Morgan fingerprint density at radius 2 is 1.81 bits per heavy atom. The summed E-state index contributed by atoms with van der Waals surface area (Å²) in [5.41, 5.74) is 0.164. The summed E-state index contributed by atoms with van der Waals surface area (Å²) in [5.74, 6) is 0.915. The molecule has 0 bridgehead atoms. The van der Waals surface area contributed by atoms with Crippen LogP contribution in [0.5, 0.6) is 11.5 Å². The average Bonchev–Trinajstić information content (AvgIpc) is 2.58. The summed E-state index contributed by atoms with van der Waals surface area (Å²) in [7, 11) is 1.46. The number of pyridine rings is 1. The van der Waals surface area contributed by atoms with Gasteiger partial charge in [0, 0.05) is 11.8 Å². The van der Waals surface area contributed by atoms with Gasteiger partial charge < -0.3 is 9.47 Å². The molecule has 6 heteroatoms. The van der Waals surface area contributed by atoms with Gasteiger partial charge in [-0.25, -0.2) is 0 Å². The average molecular weight is 367 g/mol. The van der Waals surface area contributed by atoms with E-state index in [1.54, 1.807) is 12.1 Å². The Hall–Kier alpha value is -2.24. The van der Waals surface area contributed by atoms with Gasteiger partial charge in [-0.1, -0.05) is 26.8 Å². The fraction of sp³-hybridized carbons (Fsp3) is 0.450. The first kappa shape index (κ1) is 20.1. The first-order chi connectivity index (χ1) is 12.2. The van der Waals surface area contributed by atoms with E-state index in [0.29, 0.717) is 22.8 Å². The first-order valence-corrected chi connectivity index (χ1v) is 8.54. The SMILES string of the molecule is COc1cnccc1-c1ccc(OCC(C)CC(C)C)c(C(F)(F)F)c1. The van der Waals surface area contributed by atoms with Crippen LogP contribution in [-0.2, 0) is 6.18 Å². The zero-order valence-corrected chi connectivity index (χ0v) is 15.4. The number of methoxy groups -OCH3 is 1. The van der Waals surface area contributed by atoms with Crippen LogP contribution in [0.25, 0.3) is 11.1 Å². The number of halogens is 3. The van der Waals surface area contributed by atoms with Crippen LogP contribution in [0.3, 0.4) is 0 Å². The van der Waals surface area contributed by atoms with Crippen LogP contribution in [0.2, 0.25) is 0 Å². The molecule has 0 amide bonds. The molecule has 3 nitrogen and oxygen atoms in total. The van der Waals surface area contributed by atoms with E-state index in [4.69, 9.17) is 9.47 Å². The van der Waals surface area contributed by atoms with E-state index in [-0.39, 0.29) is 18.3 Å². The van der Waals surface area contributed by atoms with Crippen LogP contribution in [0.1, 0.15) is 32.8 Å². The number of ether oxygens (including phenoxy) is 2. The van der Waals surface area contributed by atoms with E-state index in [9.17, 15) is 13.2 Å². The lowest BCUT2D eigenvalue weighted by atomic mass is 9.99. The highest BCUT2D eigenvalue weighted by Crippen LogP contribution is 2.40. The number of hydrogen-bond acceptors (Lipinski definition) is 3. The molecule has 0 aliphatic carbocycles. The second-order valence-electron chi connectivity index (χ2n) is 6.83. The van der Waals surface area contributed by atoms with Crippen molar-refractivity contribution in [3.05, 3.63) is 42.2 Å². The Morgan fingerprint density at radius 1 is 1.08 bits per heavy atom. The molecule has 1 unspecified atom stereocenters. The molecule has 26 heavy (non-hydrogen) atoms. The lowest BCUT2D eigenvalue weighted by Crippen LogP contribution is -2.14. The molecule has 0 fully saturated rings. The van der Waals surface area contributed by atoms with Gasteiger partial charge in [0.1, 0.15) is 11.5 Å². The van der Waals surface area contributed by atoms with Crippen molar-refractivity contribution in [3.8, 4) is 22.6 Å². The number of alkyl halides is 3. The Kier molecular flexibility index (Phi) is 6.51. The van der Waals surface area contributed by atoms with Gasteiger partial charge in [0.2, 0.25) is 0 Å². The van der Waals surface area contributed by atoms with Crippen molar-refractivity contribution < 1.29 is 22.6 Å². The summed E-state index contributed by atoms with van der Waals surface area (Å²) in [6.45, 7) is 6.38. The normalized spacial score (nSPS) is 12.9. The molecule has 0 aliphatic rings. The first-order valence-electron chi connectivity index (χ1n) is 8.54. The van der Waals surface area contributed by atoms with Crippen molar-refractivity contribution in [2.75, 3.05) is 13.7 Å². The van der Waals surface area contributed by atoms with E-state index in [1.165, 1.54) is 25.6 Å². The molecule has 0 spiro atoms. The Labute approximate surface area is 152 Å². The number of benzene rings is 1. The van der Waals surface area contributed by atoms with Crippen molar-refractivity contribution >= 4 is 0 Å². The smallest absolute Gasteiger partial charge is 0.419 e. The van der Waals surface area contributed by atoms with Gasteiger partial charge in [-0.2, -0.15) is 13.2 Å². The maximum absolute atomic E-state index is 13.5.